The molecule has 0 saturated carbocycles. The van der Waals surface area contributed by atoms with Gasteiger partial charge in [0.15, 0.2) is 0 Å². The molecule has 0 bridgehead atoms. The lowest BCUT2D eigenvalue weighted by molar-refractivity contribution is 0.283. The Balaban J connectivity index is 0.00000256. The molecule has 0 unspecified atom stereocenters. The van der Waals surface area contributed by atoms with Gasteiger partial charge in [0, 0.05) is 13.2 Å². The monoisotopic (exact) mass is 297 g/mol. The van der Waals surface area contributed by atoms with E-state index in [4.69, 9.17) is 28.3 Å². The second-order valence-electron chi connectivity index (χ2n) is 3.67. The number of hydrogen-bond donors (Lipinski definition) is 2. The Kier molecular flexibility index (Phi) is 9.99. The number of unbranched alkanes of at least 4 members (excludes halogenated alkanes) is 2. The molecule has 0 aliphatic rings. The predicted molar refractivity (Wildman–Crippen MR) is 76.4 cm³/mol. The van der Waals surface area contributed by atoms with E-state index in [-0.39, 0.29) is 19.0 Å². The number of nitrogens with one attached hydrogen (secondary N) is 1. The molecule has 0 aliphatic carbocycles. The summed E-state index contributed by atoms with van der Waals surface area (Å²) in [5, 5.41) is 13.1. The van der Waals surface area contributed by atoms with Crippen molar-refractivity contribution in [1.82, 2.24) is 5.32 Å². The lowest BCUT2D eigenvalue weighted by atomic mass is 10.2. The summed E-state index contributed by atoms with van der Waals surface area (Å²) in [6.45, 7) is 1.95. The normalized spacial score (nSPS) is 10.1. The van der Waals surface area contributed by atoms with Gasteiger partial charge in [0.1, 0.15) is 0 Å². The highest BCUT2D eigenvalue weighted by atomic mass is 35.5. The molecular weight excluding hydrogens is 280 g/mol. The molecule has 1 aromatic carbocycles. The van der Waals surface area contributed by atoms with Gasteiger partial charge in [-0.3, -0.25) is 0 Å². The van der Waals surface area contributed by atoms with Crippen LogP contribution in [-0.2, 0) is 6.54 Å². The van der Waals surface area contributed by atoms with Gasteiger partial charge >= 0.3 is 0 Å². The second-order valence-corrected chi connectivity index (χ2v) is 4.46. The molecule has 0 radical (unpaired) electrons. The van der Waals surface area contributed by atoms with Crippen LogP contribution >= 0.6 is 35.6 Å². The van der Waals surface area contributed by atoms with E-state index in [0.29, 0.717) is 10.0 Å². The summed E-state index contributed by atoms with van der Waals surface area (Å²) in [4.78, 5) is 0. The summed E-state index contributed by atoms with van der Waals surface area (Å²) in [6.07, 6.45) is 2.99. The van der Waals surface area contributed by atoms with Gasteiger partial charge in [0.2, 0.25) is 0 Å². The molecule has 0 aromatic heterocycles. The molecular formula is C12H18Cl3NO. The molecule has 1 aromatic rings. The predicted octanol–water partition coefficient (Wildman–Crippen LogP) is 3.67. The third-order valence-electron chi connectivity index (χ3n) is 2.36. The zero-order valence-electron chi connectivity index (χ0n) is 9.59. The van der Waals surface area contributed by atoms with E-state index in [1.54, 1.807) is 6.07 Å². The van der Waals surface area contributed by atoms with Crippen molar-refractivity contribution in [3.63, 3.8) is 0 Å². The number of halogens is 3. The van der Waals surface area contributed by atoms with Crippen LogP contribution in [0.2, 0.25) is 10.0 Å². The first-order chi connectivity index (χ1) is 7.75. The number of benzene rings is 1. The third-order valence-corrected chi connectivity index (χ3v) is 3.22. The fourth-order valence-corrected chi connectivity index (χ4v) is 1.83. The van der Waals surface area contributed by atoms with Crippen LogP contribution in [-0.4, -0.2) is 18.3 Å². The van der Waals surface area contributed by atoms with Gasteiger partial charge in [-0.1, -0.05) is 35.3 Å². The van der Waals surface area contributed by atoms with E-state index in [9.17, 15) is 0 Å². The molecule has 0 spiro atoms. The zero-order valence-corrected chi connectivity index (χ0v) is 11.9. The van der Waals surface area contributed by atoms with Gasteiger partial charge in [-0.05, 0) is 37.4 Å². The molecule has 0 aliphatic heterocycles. The van der Waals surface area contributed by atoms with Crippen LogP contribution in [0.1, 0.15) is 24.8 Å². The highest BCUT2D eigenvalue weighted by molar-refractivity contribution is 6.42. The minimum absolute atomic E-state index is 0. The topological polar surface area (TPSA) is 32.3 Å². The lowest BCUT2D eigenvalue weighted by Crippen LogP contribution is -2.15. The highest BCUT2D eigenvalue weighted by Crippen LogP contribution is 2.25. The maximum atomic E-state index is 8.62. The van der Waals surface area contributed by atoms with Crippen molar-refractivity contribution in [2.45, 2.75) is 25.8 Å². The van der Waals surface area contributed by atoms with Gasteiger partial charge in [-0.2, -0.15) is 0 Å². The minimum Gasteiger partial charge on any atom is -0.396 e. The van der Waals surface area contributed by atoms with Crippen LogP contribution < -0.4 is 5.32 Å². The Hall–Kier alpha value is 0.01000. The van der Waals surface area contributed by atoms with Crippen molar-refractivity contribution in [2.24, 2.45) is 0 Å². The maximum Gasteiger partial charge on any atom is 0.0637 e. The van der Waals surface area contributed by atoms with Crippen molar-refractivity contribution >= 4 is 35.6 Å². The van der Waals surface area contributed by atoms with Crippen LogP contribution in [0.5, 0.6) is 0 Å². The van der Waals surface area contributed by atoms with Crippen LogP contribution in [0.15, 0.2) is 18.2 Å². The summed E-state index contributed by atoms with van der Waals surface area (Å²) in [6, 6.07) is 5.65. The molecule has 5 heteroatoms. The van der Waals surface area contributed by atoms with Gasteiger partial charge in [-0.15, -0.1) is 12.4 Å². The molecule has 1 rings (SSSR count). The standard InChI is InChI=1S/C12H17Cl2NO.ClH/c13-11-6-4-5-10(12(11)14)9-15-7-2-1-3-8-16;/h4-6,15-16H,1-3,7-9H2;1H. The van der Waals surface area contributed by atoms with Crippen molar-refractivity contribution in [1.29, 1.82) is 0 Å². The summed E-state index contributed by atoms with van der Waals surface area (Å²) < 4.78 is 0. The first kappa shape index (κ1) is 17.0. The van der Waals surface area contributed by atoms with Crippen LogP contribution in [0.4, 0.5) is 0 Å². The van der Waals surface area contributed by atoms with E-state index in [1.165, 1.54) is 0 Å². The molecule has 2 nitrogen and oxygen atoms in total. The van der Waals surface area contributed by atoms with Crippen molar-refractivity contribution < 1.29 is 5.11 Å². The Morgan fingerprint density at radius 2 is 1.88 bits per heavy atom. The summed E-state index contributed by atoms with van der Waals surface area (Å²) in [5.41, 5.74) is 1.02. The van der Waals surface area contributed by atoms with E-state index < -0.39 is 0 Å². The molecule has 0 fully saturated rings. The van der Waals surface area contributed by atoms with Gasteiger partial charge in [0.25, 0.3) is 0 Å². The highest BCUT2D eigenvalue weighted by Gasteiger charge is 2.02. The molecule has 0 heterocycles. The molecule has 0 atom stereocenters. The number of rotatable bonds is 7. The number of hydrogen-bond acceptors (Lipinski definition) is 2. The smallest absolute Gasteiger partial charge is 0.0637 e. The van der Waals surface area contributed by atoms with E-state index in [0.717, 1.165) is 37.9 Å². The fourth-order valence-electron chi connectivity index (χ4n) is 1.45. The average Bonchev–Trinajstić information content (AvgIpc) is 2.29. The molecule has 2 N–H and O–H groups in total. The Labute approximate surface area is 119 Å². The zero-order chi connectivity index (χ0) is 11.8. The van der Waals surface area contributed by atoms with Crippen molar-refractivity contribution in [3.8, 4) is 0 Å². The molecule has 98 valence electrons. The second kappa shape index (κ2) is 9.98. The van der Waals surface area contributed by atoms with E-state index in [2.05, 4.69) is 5.32 Å². The van der Waals surface area contributed by atoms with Crippen LogP contribution in [0, 0.1) is 0 Å². The Morgan fingerprint density at radius 3 is 2.59 bits per heavy atom. The summed E-state index contributed by atoms with van der Waals surface area (Å²) in [5.74, 6) is 0. The Morgan fingerprint density at radius 1 is 1.12 bits per heavy atom. The number of aliphatic hydroxyl groups is 1. The SMILES string of the molecule is Cl.OCCCCCNCc1cccc(Cl)c1Cl. The number of aliphatic hydroxyl groups excluding tert-OH is 1. The van der Waals surface area contributed by atoms with Crippen LogP contribution in [0.25, 0.3) is 0 Å². The summed E-state index contributed by atoms with van der Waals surface area (Å²) >= 11 is 12.0. The van der Waals surface area contributed by atoms with Crippen LogP contribution in [0.3, 0.4) is 0 Å². The largest absolute Gasteiger partial charge is 0.396 e. The molecule has 0 saturated heterocycles. The fraction of sp³-hybridized carbons (Fsp3) is 0.500. The van der Waals surface area contributed by atoms with E-state index in [1.807, 2.05) is 12.1 Å². The van der Waals surface area contributed by atoms with E-state index >= 15 is 0 Å². The van der Waals surface area contributed by atoms with Gasteiger partial charge in [-0.25, -0.2) is 0 Å². The lowest BCUT2D eigenvalue weighted by Gasteiger charge is -2.07. The van der Waals surface area contributed by atoms with Crippen molar-refractivity contribution in [3.05, 3.63) is 33.8 Å². The molecule has 0 amide bonds. The maximum absolute atomic E-state index is 8.62. The third kappa shape index (κ3) is 6.49. The van der Waals surface area contributed by atoms with Gasteiger partial charge in [0.05, 0.1) is 10.0 Å². The summed E-state index contributed by atoms with van der Waals surface area (Å²) in [7, 11) is 0. The minimum atomic E-state index is 0. The molecule has 17 heavy (non-hydrogen) atoms. The Bertz CT molecular complexity index is 321. The van der Waals surface area contributed by atoms with Crippen molar-refractivity contribution in [2.75, 3.05) is 13.2 Å². The first-order valence-corrected chi connectivity index (χ1v) is 6.25. The first-order valence-electron chi connectivity index (χ1n) is 5.50. The quantitative estimate of drug-likeness (QED) is 0.753. The van der Waals surface area contributed by atoms with Gasteiger partial charge < -0.3 is 10.4 Å². The average molecular weight is 299 g/mol.